The van der Waals surface area contributed by atoms with Crippen molar-refractivity contribution in [1.82, 2.24) is 20.3 Å². The number of benzene rings is 1. The Kier molecular flexibility index (Phi) is 4.88. The minimum Gasteiger partial charge on any atom is -0.370 e. The van der Waals surface area contributed by atoms with Gasteiger partial charge in [0.15, 0.2) is 10.8 Å². The molecule has 0 spiro atoms. The predicted molar refractivity (Wildman–Crippen MR) is 102 cm³/mol. The van der Waals surface area contributed by atoms with Crippen molar-refractivity contribution in [2.75, 3.05) is 24.5 Å². The van der Waals surface area contributed by atoms with Crippen LogP contribution in [0.25, 0.3) is 10.8 Å². The number of nitrogens with zero attached hydrogens (tertiary/aromatic N) is 4. The van der Waals surface area contributed by atoms with Gasteiger partial charge in [-0.3, -0.25) is 4.79 Å². The maximum Gasteiger partial charge on any atom is 0.270 e. The second-order valence-corrected chi connectivity index (χ2v) is 6.94. The summed E-state index contributed by atoms with van der Waals surface area (Å²) in [6.45, 7) is 2.41. The van der Waals surface area contributed by atoms with E-state index in [0.717, 1.165) is 25.9 Å². The number of aromatic nitrogens is 3. The minimum atomic E-state index is -0.159. The van der Waals surface area contributed by atoms with Gasteiger partial charge in [0, 0.05) is 43.1 Å². The van der Waals surface area contributed by atoms with Gasteiger partial charge in [0.2, 0.25) is 0 Å². The zero-order valence-corrected chi connectivity index (χ0v) is 15.1. The molecule has 0 bridgehead atoms. The summed E-state index contributed by atoms with van der Waals surface area (Å²) in [5, 5.41) is 5.37. The van der Waals surface area contributed by atoms with Crippen LogP contribution in [0.15, 0.2) is 48.1 Å². The number of carbonyl (C=O) groups is 1. The molecule has 0 saturated carbocycles. The van der Waals surface area contributed by atoms with Crippen molar-refractivity contribution in [3.8, 4) is 10.8 Å². The van der Waals surface area contributed by atoms with Crippen LogP contribution in [0.5, 0.6) is 0 Å². The van der Waals surface area contributed by atoms with Crippen LogP contribution in [0.1, 0.15) is 22.5 Å². The first-order valence-electron chi connectivity index (χ1n) is 8.65. The highest BCUT2D eigenvalue weighted by atomic mass is 32.1. The molecule has 7 heteroatoms. The normalized spacial score (nSPS) is 13.3. The van der Waals surface area contributed by atoms with Gasteiger partial charge in [0.25, 0.3) is 5.91 Å². The third-order valence-electron chi connectivity index (χ3n) is 4.37. The number of aryl methyl sites for hydroxylation is 1. The zero-order chi connectivity index (χ0) is 17.8. The Morgan fingerprint density at radius 2 is 2.04 bits per heavy atom. The first kappa shape index (κ1) is 16.7. The van der Waals surface area contributed by atoms with Gasteiger partial charge in [0.1, 0.15) is 5.69 Å². The van der Waals surface area contributed by atoms with Gasteiger partial charge < -0.3 is 10.2 Å². The van der Waals surface area contributed by atoms with Gasteiger partial charge in [-0.2, -0.15) is 0 Å². The SMILES string of the molecule is O=C(NCCN1CCCc2ccccc21)c1csc(-c2ncccn2)n1. The number of hydrogen-bond acceptors (Lipinski definition) is 6. The fourth-order valence-corrected chi connectivity index (χ4v) is 3.87. The van der Waals surface area contributed by atoms with E-state index in [1.54, 1.807) is 23.8 Å². The lowest BCUT2D eigenvalue weighted by Gasteiger charge is -2.31. The number of fused-ring (bicyclic) bond motifs is 1. The summed E-state index contributed by atoms with van der Waals surface area (Å²) in [6, 6.07) is 10.2. The number of nitrogens with one attached hydrogen (secondary N) is 1. The molecular formula is C19H19N5OS. The number of amides is 1. The Balaban J connectivity index is 1.35. The van der Waals surface area contributed by atoms with Crippen molar-refractivity contribution < 1.29 is 4.79 Å². The minimum absolute atomic E-state index is 0.159. The molecule has 1 aliphatic heterocycles. The van der Waals surface area contributed by atoms with Crippen molar-refractivity contribution in [2.45, 2.75) is 12.8 Å². The summed E-state index contributed by atoms with van der Waals surface area (Å²) < 4.78 is 0. The van der Waals surface area contributed by atoms with Crippen LogP contribution in [0.2, 0.25) is 0 Å². The summed E-state index contributed by atoms with van der Waals surface area (Å²) in [5.74, 6) is 0.384. The Hall–Kier alpha value is -2.80. The third-order valence-corrected chi connectivity index (χ3v) is 5.21. The molecule has 3 aromatic rings. The molecule has 1 N–H and O–H groups in total. The van der Waals surface area contributed by atoms with Crippen LogP contribution < -0.4 is 10.2 Å². The highest BCUT2D eigenvalue weighted by Gasteiger charge is 2.17. The van der Waals surface area contributed by atoms with Crippen LogP contribution >= 0.6 is 11.3 Å². The van der Waals surface area contributed by atoms with Crippen molar-refractivity contribution in [1.29, 1.82) is 0 Å². The van der Waals surface area contributed by atoms with Crippen molar-refractivity contribution in [3.05, 3.63) is 59.4 Å². The largest absolute Gasteiger partial charge is 0.370 e. The molecule has 0 saturated heterocycles. The van der Waals surface area contributed by atoms with E-state index < -0.39 is 0 Å². The lowest BCUT2D eigenvalue weighted by atomic mass is 10.0. The van der Waals surface area contributed by atoms with E-state index >= 15 is 0 Å². The summed E-state index contributed by atoms with van der Waals surface area (Å²) >= 11 is 1.38. The van der Waals surface area contributed by atoms with Crippen molar-refractivity contribution in [3.63, 3.8) is 0 Å². The monoisotopic (exact) mass is 365 g/mol. The lowest BCUT2D eigenvalue weighted by Crippen LogP contribution is -2.37. The molecule has 1 aliphatic rings. The molecule has 0 atom stereocenters. The van der Waals surface area contributed by atoms with Gasteiger partial charge >= 0.3 is 0 Å². The highest BCUT2D eigenvalue weighted by Crippen LogP contribution is 2.26. The summed E-state index contributed by atoms with van der Waals surface area (Å²) in [7, 11) is 0. The molecule has 4 rings (SSSR count). The molecule has 0 aliphatic carbocycles. The summed E-state index contributed by atoms with van der Waals surface area (Å²) in [6.07, 6.45) is 5.61. The smallest absolute Gasteiger partial charge is 0.270 e. The van der Waals surface area contributed by atoms with Gasteiger partial charge in [-0.05, 0) is 30.5 Å². The lowest BCUT2D eigenvalue weighted by molar-refractivity contribution is 0.0950. The maximum absolute atomic E-state index is 12.4. The van der Waals surface area contributed by atoms with E-state index in [0.29, 0.717) is 23.1 Å². The molecule has 132 valence electrons. The summed E-state index contributed by atoms with van der Waals surface area (Å²) in [5.41, 5.74) is 3.08. The van der Waals surface area contributed by atoms with Crippen molar-refractivity contribution in [2.24, 2.45) is 0 Å². The standard InChI is InChI=1S/C19H19N5OS/c25-18(15-13-26-19(23-15)17-20-8-4-9-21-17)22-10-12-24-11-3-6-14-5-1-2-7-16(14)24/h1-2,4-5,7-9,13H,3,6,10-12H2,(H,22,25). The molecule has 2 aromatic heterocycles. The number of carbonyl (C=O) groups excluding carboxylic acids is 1. The Morgan fingerprint density at radius 1 is 1.19 bits per heavy atom. The Morgan fingerprint density at radius 3 is 2.92 bits per heavy atom. The predicted octanol–water partition coefficient (Wildman–Crippen LogP) is 2.78. The van der Waals surface area contributed by atoms with Crippen LogP contribution in [0, 0.1) is 0 Å². The van der Waals surface area contributed by atoms with Gasteiger partial charge in [-0.1, -0.05) is 18.2 Å². The quantitative estimate of drug-likeness (QED) is 0.753. The molecule has 0 unspecified atom stereocenters. The highest BCUT2D eigenvalue weighted by molar-refractivity contribution is 7.13. The summed E-state index contributed by atoms with van der Waals surface area (Å²) in [4.78, 5) is 27.4. The maximum atomic E-state index is 12.4. The van der Waals surface area contributed by atoms with E-state index in [1.165, 1.54) is 22.6 Å². The van der Waals surface area contributed by atoms with Crippen LogP contribution in [0.4, 0.5) is 5.69 Å². The van der Waals surface area contributed by atoms with E-state index in [1.807, 2.05) is 0 Å². The topological polar surface area (TPSA) is 71.0 Å². The number of para-hydroxylation sites is 1. The fraction of sp³-hybridized carbons (Fsp3) is 0.263. The molecule has 1 amide bonds. The Labute approximate surface area is 155 Å². The number of rotatable bonds is 5. The average molecular weight is 365 g/mol. The van der Waals surface area contributed by atoms with E-state index in [2.05, 4.69) is 49.4 Å². The zero-order valence-electron chi connectivity index (χ0n) is 14.3. The van der Waals surface area contributed by atoms with Crippen LogP contribution in [-0.2, 0) is 6.42 Å². The first-order chi connectivity index (χ1) is 12.8. The first-order valence-corrected chi connectivity index (χ1v) is 9.53. The van der Waals surface area contributed by atoms with Crippen molar-refractivity contribution >= 4 is 22.9 Å². The third kappa shape index (κ3) is 3.57. The van der Waals surface area contributed by atoms with E-state index in [4.69, 9.17) is 0 Å². The Bertz CT molecular complexity index is 896. The van der Waals surface area contributed by atoms with Crippen LogP contribution in [0.3, 0.4) is 0 Å². The molecule has 1 aromatic carbocycles. The number of hydrogen-bond donors (Lipinski definition) is 1. The van der Waals surface area contributed by atoms with Crippen LogP contribution in [-0.4, -0.2) is 40.5 Å². The van der Waals surface area contributed by atoms with Gasteiger partial charge in [0.05, 0.1) is 0 Å². The second kappa shape index (κ2) is 7.61. The molecular weight excluding hydrogens is 346 g/mol. The number of anilines is 1. The van der Waals surface area contributed by atoms with E-state index in [9.17, 15) is 4.79 Å². The van der Waals surface area contributed by atoms with Gasteiger partial charge in [-0.25, -0.2) is 15.0 Å². The molecule has 6 nitrogen and oxygen atoms in total. The fourth-order valence-electron chi connectivity index (χ4n) is 3.13. The molecule has 0 fully saturated rings. The van der Waals surface area contributed by atoms with E-state index in [-0.39, 0.29) is 5.91 Å². The second-order valence-electron chi connectivity index (χ2n) is 6.09. The average Bonchev–Trinajstić information content (AvgIpc) is 3.19. The molecule has 3 heterocycles. The molecule has 0 radical (unpaired) electrons. The molecule has 26 heavy (non-hydrogen) atoms. The number of thiazole rings is 1. The van der Waals surface area contributed by atoms with Gasteiger partial charge in [-0.15, -0.1) is 11.3 Å².